The van der Waals surface area contributed by atoms with Gasteiger partial charge in [0.1, 0.15) is 9.20 Å². The van der Waals surface area contributed by atoms with Crippen molar-refractivity contribution >= 4 is 71.8 Å². The zero-order chi connectivity index (χ0) is 14.9. The molecule has 0 bridgehead atoms. The third kappa shape index (κ3) is 3.50. The molecule has 9 heteroatoms. The molecule has 1 heterocycles. The average Bonchev–Trinajstić information content (AvgIpc) is 2.75. The van der Waals surface area contributed by atoms with Crippen molar-refractivity contribution in [2.45, 2.75) is 4.21 Å². The van der Waals surface area contributed by atoms with Crippen LogP contribution in [0.1, 0.15) is 5.56 Å². The molecule has 0 aliphatic carbocycles. The van der Waals surface area contributed by atoms with Gasteiger partial charge in [0.15, 0.2) is 0 Å². The maximum Gasteiger partial charge on any atom is 0.271 e. The fraction of sp³-hybridized carbons (Fsp3) is 0. The summed E-state index contributed by atoms with van der Waals surface area (Å²) in [5, 5.41) is 0.384. The Hall–Kier alpha value is -0.670. The third-order valence-electron chi connectivity index (χ3n) is 2.30. The number of hydrogen-bond acceptors (Lipinski definition) is 4. The first-order valence-corrected chi connectivity index (χ1v) is 9.05. The molecule has 2 aromatic rings. The average molecular weight is 412 g/mol. The normalized spacial score (nSPS) is 11.3. The molecular formula is C11H8BrClN2O2S3. The minimum atomic E-state index is -3.70. The summed E-state index contributed by atoms with van der Waals surface area (Å²) >= 11 is 15.1. The van der Waals surface area contributed by atoms with Crippen LogP contribution >= 0.6 is 51.1 Å². The molecule has 1 aromatic heterocycles. The quantitative estimate of drug-likeness (QED) is 0.754. The van der Waals surface area contributed by atoms with Gasteiger partial charge in [-0.25, -0.2) is 8.42 Å². The Labute approximate surface area is 139 Å². The molecule has 4 nitrogen and oxygen atoms in total. The number of benzene rings is 1. The summed E-state index contributed by atoms with van der Waals surface area (Å²) in [5.41, 5.74) is 6.25. The van der Waals surface area contributed by atoms with Gasteiger partial charge in [-0.3, -0.25) is 4.72 Å². The van der Waals surface area contributed by atoms with Gasteiger partial charge in [-0.15, -0.1) is 11.3 Å². The van der Waals surface area contributed by atoms with Crippen molar-refractivity contribution in [3.8, 4) is 0 Å². The lowest BCUT2D eigenvalue weighted by atomic mass is 10.2. The van der Waals surface area contributed by atoms with Crippen LogP contribution in [0.3, 0.4) is 0 Å². The van der Waals surface area contributed by atoms with Gasteiger partial charge in [0.25, 0.3) is 10.0 Å². The first-order valence-electron chi connectivity index (χ1n) is 5.17. The fourth-order valence-corrected chi connectivity index (χ4v) is 4.88. The Morgan fingerprint density at radius 2 is 2.05 bits per heavy atom. The Bertz CT molecular complexity index is 774. The second-order valence-electron chi connectivity index (χ2n) is 3.72. The van der Waals surface area contributed by atoms with Crippen molar-refractivity contribution in [1.82, 2.24) is 0 Å². The highest BCUT2D eigenvalue weighted by atomic mass is 79.9. The molecule has 0 aliphatic rings. The summed E-state index contributed by atoms with van der Waals surface area (Å²) in [7, 11) is -3.70. The van der Waals surface area contributed by atoms with Crippen LogP contribution in [0.2, 0.25) is 5.02 Å². The summed E-state index contributed by atoms with van der Waals surface area (Å²) < 4.78 is 27.9. The molecule has 0 amide bonds. The number of hydrogen-bond donors (Lipinski definition) is 2. The van der Waals surface area contributed by atoms with E-state index < -0.39 is 10.0 Å². The molecule has 1 aromatic carbocycles. The number of thiocarbonyl (C=S) groups is 1. The van der Waals surface area contributed by atoms with Gasteiger partial charge in [-0.2, -0.15) is 0 Å². The van der Waals surface area contributed by atoms with E-state index in [0.29, 0.717) is 10.6 Å². The molecule has 3 N–H and O–H groups in total. The minimum Gasteiger partial charge on any atom is -0.389 e. The first kappa shape index (κ1) is 15.7. The van der Waals surface area contributed by atoms with Crippen LogP contribution < -0.4 is 10.5 Å². The van der Waals surface area contributed by atoms with Crippen LogP contribution in [0, 0.1) is 0 Å². The van der Waals surface area contributed by atoms with Crippen molar-refractivity contribution in [3.05, 3.63) is 44.7 Å². The molecular weight excluding hydrogens is 404 g/mol. The van der Waals surface area contributed by atoms with Crippen molar-refractivity contribution in [1.29, 1.82) is 0 Å². The van der Waals surface area contributed by atoms with Gasteiger partial charge in [0, 0.05) is 10.6 Å². The summed E-state index contributed by atoms with van der Waals surface area (Å²) in [6, 6.07) is 7.80. The van der Waals surface area contributed by atoms with Crippen molar-refractivity contribution in [2.24, 2.45) is 5.73 Å². The van der Waals surface area contributed by atoms with Gasteiger partial charge < -0.3 is 5.73 Å². The molecule has 0 unspecified atom stereocenters. The maximum absolute atomic E-state index is 12.3. The molecule has 0 spiro atoms. The monoisotopic (exact) mass is 410 g/mol. The molecule has 0 saturated carbocycles. The van der Waals surface area contributed by atoms with E-state index in [0.717, 1.165) is 15.1 Å². The van der Waals surface area contributed by atoms with Crippen LogP contribution in [-0.4, -0.2) is 13.4 Å². The molecule has 2 rings (SSSR count). The fourth-order valence-electron chi connectivity index (χ4n) is 1.45. The van der Waals surface area contributed by atoms with Crippen molar-refractivity contribution in [3.63, 3.8) is 0 Å². The Kier molecular flexibility index (Phi) is 4.70. The lowest BCUT2D eigenvalue weighted by Crippen LogP contribution is -2.17. The van der Waals surface area contributed by atoms with Gasteiger partial charge in [-0.05, 0) is 46.3 Å². The Morgan fingerprint density at radius 1 is 1.35 bits per heavy atom. The lowest BCUT2D eigenvalue weighted by molar-refractivity contribution is 0.603. The lowest BCUT2D eigenvalue weighted by Gasteiger charge is -2.11. The Morgan fingerprint density at radius 3 is 2.60 bits per heavy atom. The summed E-state index contributed by atoms with van der Waals surface area (Å²) in [6.45, 7) is 0. The zero-order valence-corrected chi connectivity index (χ0v) is 14.6. The highest BCUT2D eigenvalue weighted by molar-refractivity contribution is 9.11. The van der Waals surface area contributed by atoms with E-state index in [1.54, 1.807) is 18.2 Å². The summed E-state index contributed by atoms with van der Waals surface area (Å²) in [6.07, 6.45) is 0. The molecule has 106 valence electrons. The highest BCUT2D eigenvalue weighted by Gasteiger charge is 2.19. The molecule has 0 radical (unpaired) electrons. The van der Waals surface area contributed by atoms with Crippen LogP contribution in [0.15, 0.2) is 38.3 Å². The topological polar surface area (TPSA) is 72.2 Å². The Balaban J connectivity index is 2.44. The number of halogens is 2. The number of nitrogens with one attached hydrogen (secondary N) is 1. The predicted octanol–water partition coefficient (Wildman–Crippen LogP) is 3.60. The second kappa shape index (κ2) is 5.98. The molecule has 20 heavy (non-hydrogen) atoms. The van der Waals surface area contributed by atoms with E-state index in [2.05, 4.69) is 20.7 Å². The second-order valence-corrected chi connectivity index (χ2v) is 8.97. The summed E-state index contributed by atoms with van der Waals surface area (Å²) in [5.74, 6) is 0. The van der Waals surface area contributed by atoms with Gasteiger partial charge in [-0.1, -0.05) is 23.8 Å². The first-order chi connectivity index (χ1) is 9.29. The maximum atomic E-state index is 12.3. The van der Waals surface area contributed by atoms with Gasteiger partial charge in [0.05, 0.1) is 9.47 Å². The van der Waals surface area contributed by atoms with E-state index in [1.165, 1.54) is 12.1 Å². The SMILES string of the molecule is NC(=S)c1ccc(Cl)cc1NS(=O)(=O)c1ccc(Br)s1. The standard InChI is InChI=1S/C11H8BrClN2O2S3/c12-9-3-4-10(19-9)20(16,17)15-8-5-6(13)1-2-7(8)11(14)18/h1-5,15H,(H2,14,18). The van der Waals surface area contributed by atoms with Crippen molar-refractivity contribution < 1.29 is 8.42 Å². The van der Waals surface area contributed by atoms with E-state index >= 15 is 0 Å². The van der Waals surface area contributed by atoms with E-state index in [-0.39, 0.29) is 14.9 Å². The summed E-state index contributed by atoms with van der Waals surface area (Å²) in [4.78, 5) is 0.0896. The van der Waals surface area contributed by atoms with Crippen LogP contribution in [0.4, 0.5) is 5.69 Å². The van der Waals surface area contributed by atoms with Gasteiger partial charge in [0.2, 0.25) is 0 Å². The molecule has 0 fully saturated rings. The third-order valence-corrected chi connectivity index (χ3v) is 6.24. The van der Waals surface area contributed by atoms with Crippen LogP contribution in [0.5, 0.6) is 0 Å². The minimum absolute atomic E-state index is 0.0896. The van der Waals surface area contributed by atoms with Crippen LogP contribution in [0.25, 0.3) is 0 Å². The van der Waals surface area contributed by atoms with Gasteiger partial charge >= 0.3 is 0 Å². The number of anilines is 1. The number of thiophene rings is 1. The number of nitrogens with two attached hydrogens (primary N) is 1. The number of sulfonamides is 1. The predicted molar refractivity (Wildman–Crippen MR) is 90.2 cm³/mol. The van der Waals surface area contributed by atoms with E-state index in [4.69, 9.17) is 29.6 Å². The van der Waals surface area contributed by atoms with Crippen molar-refractivity contribution in [2.75, 3.05) is 4.72 Å². The molecule has 0 atom stereocenters. The van der Waals surface area contributed by atoms with Crippen LogP contribution in [-0.2, 0) is 10.0 Å². The largest absolute Gasteiger partial charge is 0.389 e. The molecule has 0 saturated heterocycles. The zero-order valence-electron chi connectivity index (χ0n) is 9.76. The highest BCUT2D eigenvalue weighted by Crippen LogP contribution is 2.29. The van der Waals surface area contributed by atoms with E-state index in [1.807, 2.05) is 0 Å². The molecule has 0 aliphatic heterocycles. The van der Waals surface area contributed by atoms with E-state index in [9.17, 15) is 8.42 Å². The smallest absolute Gasteiger partial charge is 0.271 e. The number of rotatable bonds is 4.